The quantitative estimate of drug-likeness (QED) is 0.880. The van der Waals surface area contributed by atoms with Crippen LogP contribution in [0.3, 0.4) is 0 Å². The Morgan fingerprint density at radius 3 is 2.67 bits per heavy atom. The van der Waals surface area contributed by atoms with E-state index in [1.54, 1.807) is 0 Å². The number of ether oxygens (including phenoxy) is 1. The molecule has 3 nitrogen and oxygen atoms in total. The number of hydrogen-bond donors (Lipinski definition) is 1. The van der Waals surface area contributed by atoms with Crippen LogP contribution in [0.1, 0.15) is 33.1 Å². The Kier molecular flexibility index (Phi) is 3.76. The van der Waals surface area contributed by atoms with E-state index in [0.717, 1.165) is 11.4 Å². The molecule has 96 valence electrons. The lowest BCUT2D eigenvalue weighted by atomic mass is 9.92. The van der Waals surface area contributed by atoms with Crippen molar-refractivity contribution in [2.45, 2.75) is 39.2 Å². The van der Waals surface area contributed by atoms with Crippen LogP contribution in [0.4, 0.5) is 5.69 Å². The fraction of sp³-hybridized carbons (Fsp3) is 0.533. The first kappa shape index (κ1) is 12.8. The molecule has 1 fully saturated rings. The van der Waals surface area contributed by atoms with E-state index >= 15 is 0 Å². The summed E-state index contributed by atoms with van der Waals surface area (Å²) >= 11 is 0. The zero-order valence-electron chi connectivity index (χ0n) is 11.1. The number of anilines is 1. The van der Waals surface area contributed by atoms with Crippen LogP contribution in [-0.4, -0.2) is 12.6 Å². The van der Waals surface area contributed by atoms with Gasteiger partial charge in [-0.3, -0.25) is 0 Å². The van der Waals surface area contributed by atoms with Crippen molar-refractivity contribution in [3.63, 3.8) is 0 Å². The highest BCUT2D eigenvalue weighted by atomic mass is 16.5. The van der Waals surface area contributed by atoms with E-state index in [1.807, 2.05) is 30.3 Å². The SMILES string of the molecule is CC1(C)CCC(Nc2ccc(OCC#N)cc2)C1. The summed E-state index contributed by atoms with van der Waals surface area (Å²) in [5, 5.41) is 12.0. The average molecular weight is 244 g/mol. The highest BCUT2D eigenvalue weighted by molar-refractivity contribution is 5.47. The molecule has 1 N–H and O–H groups in total. The molecule has 0 amide bonds. The normalized spacial score (nSPS) is 21.3. The van der Waals surface area contributed by atoms with E-state index in [-0.39, 0.29) is 6.61 Å². The molecule has 0 bridgehead atoms. The fourth-order valence-corrected chi connectivity index (χ4v) is 2.56. The van der Waals surface area contributed by atoms with Gasteiger partial charge in [0.25, 0.3) is 0 Å². The summed E-state index contributed by atoms with van der Waals surface area (Å²) in [5.74, 6) is 0.744. The molecule has 0 aliphatic heterocycles. The summed E-state index contributed by atoms with van der Waals surface area (Å²) in [6, 6.07) is 10.4. The number of nitrogens with zero attached hydrogens (tertiary/aromatic N) is 1. The van der Waals surface area contributed by atoms with Gasteiger partial charge in [0.2, 0.25) is 0 Å². The molecule has 1 saturated carbocycles. The molecule has 3 heteroatoms. The van der Waals surface area contributed by atoms with E-state index in [9.17, 15) is 0 Å². The molecule has 0 aromatic heterocycles. The van der Waals surface area contributed by atoms with Gasteiger partial charge >= 0.3 is 0 Å². The summed E-state index contributed by atoms with van der Waals surface area (Å²) in [4.78, 5) is 0. The molecule has 1 aliphatic carbocycles. The molecule has 2 rings (SSSR count). The maximum Gasteiger partial charge on any atom is 0.174 e. The Bertz CT molecular complexity index is 431. The van der Waals surface area contributed by atoms with Crippen LogP contribution in [0.2, 0.25) is 0 Å². The number of hydrogen-bond acceptors (Lipinski definition) is 3. The molecule has 0 heterocycles. The topological polar surface area (TPSA) is 45.0 Å². The summed E-state index contributed by atoms with van der Waals surface area (Å²) in [5.41, 5.74) is 1.59. The Labute approximate surface area is 109 Å². The largest absolute Gasteiger partial charge is 0.479 e. The van der Waals surface area contributed by atoms with Crippen molar-refractivity contribution >= 4 is 5.69 Å². The van der Waals surface area contributed by atoms with Crippen LogP contribution in [-0.2, 0) is 0 Å². The van der Waals surface area contributed by atoms with E-state index in [1.165, 1.54) is 19.3 Å². The third-order valence-electron chi connectivity index (χ3n) is 3.50. The molecule has 1 aromatic rings. The zero-order chi connectivity index (χ0) is 13.0. The van der Waals surface area contributed by atoms with Crippen LogP contribution < -0.4 is 10.1 Å². The summed E-state index contributed by atoms with van der Waals surface area (Å²) in [7, 11) is 0. The number of rotatable bonds is 4. The van der Waals surface area contributed by atoms with Gasteiger partial charge in [0.15, 0.2) is 6.61 Å². The fourth-order valence-electron chi connectivity index (χ4n) is 2.56. The molecular formula is C15H20N2O. The lowest BCUT2D eigenvalue weighted by molar-refractivity contribution is 0.368. The van der Waals surface area contributed by atoms with Gasteiger partial charge in [0.05, 0.1) is 0 Å². The first-order valence-electron chi connectivity index (χ1n) is 6.45. The van der Waals surface area contributed by atoms with Gasteiger partial charge in [-0.2, -0.15) is 5.26 Å². The number of benzene rings is 1. The predicted octanol–water partition coefficient (Wildman–Crippen LogP) is 3.58. The lowest BCUT2D eigenvalue weighted by Gasteiger charge is -2.18. The molecule has 1 aromatic carbocycles. The predicted molar refractivity (Wildman–Crippen MR) is 72.6 cm³/mol. The van der Waals surface area contributed by atoms with Gasteiger partial charge < -0.3 is 10.1 Å². The lowest BCUT2D eigenvalue weighted by Crippen LogP contribution is -2.17. The van der Waals surface area contributed by atoms with Crippen molar-refractivity contribution in [3.8, 4) is 11.8 Å². The van der Waals surface area contributed by atoms with Crippen molar-refractivity contribution in [1.82, 2.24) is 0 Å². The molecule has 0 spiro atoms. The van der Waals surface area contributed by atoms with E-state index < -0.39 is 0 Å². The second-order valence-corrected chi connectivity index (χ2v) is 5.72. The van der Waals surface area contributed by atoms with Crippen LogP contribution in [0, 0.1) is 16.7 Å². The monoisotopic (exact) mass is 244 g/mol. The molecule has 0 saturated heterocycles. The molecule has 1 unspecified atom stereocenters. The Morgan fingerprint density at radius 1 is 1.39 bits per heavy atom. The van der Waals surface area contributed by atoms with E-state index in [2.05, 4.69) is 19.2 Å². The minimum Gasteiger partial charge on any atom is -0.479 e. The van der Waals surface area contributed by atoms with Crippen molar-refractivity contribution < 1.29 is 4.74 Å². The highest BCUT2D eigenvalue weighted by Gasteiger charge is 2.30. The minimum absolute atomic E-state index is 0.101. The van der Waals surface area contributed by atoms with Crippen molar-refractivity contribution in [2.24, 2.45) is 5.41 Å². The van der Waals surface area contributed by atoms with Crippen molar-refractivity contribution in [1.29, 1.82) is 5.26 Å². The van der Waals surface area contributed by atoms with Gasteiger partial charge in [-0.15, -0.1) is 0 Å². The summed E-state index contributed by atoms with van der Waals surface area (Å²) < 4.78 is 5.22. The molecule has 1 atom stereocenters. The maximum atomic E-state index is 8.43. The van der Waals surface area contributed by atoms with Gasteiger partial charge in [-0.1, -0.05) is 13.8 Å². The third kappa shape index (κ3) is 3.40. The smallest absolute Gasteiger partial charge is 0.174 e. The molecule has 0 radical (unpaired) electrons. The zero-order valence-corrected chi connectivity index (χ0v) is 11.1. The first-order valence-corrected chi connectivity index (χ1v) is 6.45. The Hall–Kier alpha value is -1.69. The highest BCUT2D eigenvalue weighted by Crippen LogP contribution is 2.38. The number of nitriles is 1. The summed E-state index contributed by atoms with van der Waals surface area (Å²) in [6.45, 7) is 4.75. The van der Waals surface area contributed by atoms with Crippen LogP contribution in [0.5, 0.6) is 5.75 Å². The second kappa shape index (κ2) is 5.30. The number of nitrogens with one attached hydrogen (secondary N) is 1. The standard InChI is InChI=1S/C15H20N2O/c1-15(2)8-7-13(11-15)17-12-3-5-14(6-4-12)18-10-9-16/h3-6,13,17H,7-8,10-11H2,1-2H3. The van der Waals surface area contributed by atoms with Crippen LogP contribution in [0.25, 0.3) is 0 Å². The van der Waals surface area contributed by atoms with Crippen LogP contribution in [0.15, 0.2) is 24.3 Å². The Balaban J connectivity index is 1.89. The minimum atomic E-state index is 0.101. The van der Waals surface area contributed by atoms with Gasteiger partial charge in [-0.05, 0) is 48.9 Å². The third-order valence-corrected chi connectivity index (χ3v) is 3.50. The van der Waals surface area contributed by atoms with Crippen molar-refractivity contribution in [2.75, 3.05) is 11.9 Å². The molecule has 18 heavy (non-hydrogen) atoms. The van der Waals surface area contributed by atoms with Gasteiger partial charge in [-0.25, -0.2) is 0 Å². The van der Waals surface area contributed by atoms with Crippen molar-refractivity contribution in [3.05, 3.63) is 24.3 Å². The van der Waals surface area contributed by atoms with Gasteiger partial charge in [0, 0.05) is 11.7 Å². The second-order valence-electron chi connectivity index (χ2n) is 5.72. The first-order chi connectivity index (χ1) is 8.59. The summed E-state index contributed by atoms with van der Waals surface area (Å²) in [6.07, 6.45) is 3.74. The average Bonchev–Trinajstić information content (AvgIpc) is 2.68. The molecular weight excluding hydrogens is 224 g/mol. The van der Waals surface area contributed by atoms with Gasteiger partial charge in [0.1, 0.15) is 11.8 Å². The van der Waals surface area contributed by atoms with E-state index in [4.69, 9.17) is 10.00 Å². The maximum absolute atomic E-state index is 8.43. The Morgan fingerprint density at radius 2 is 2.11 bits per heavy atom. The van der Waals surface area contributed by atoms with E-state index in [0.29, 0.717) is 11.5 Å². The van der Waals surface area contributed by atoms with Crippen LogP contribution >= 0.6 is 0 Å². The molecule has 1 aliphatic rings.